The fraction of sp³-hybridized carbons (Fsp3) is 0.267. The van der Waals surface area contributed by atoms with Crippen molar-refractivity contribution in [2.24, 2.45) is 7.05 Å². The lowest BCUT2D eigenvalue weighted by Crippen LogP contribution is -2.19. The third kappa shape index (κ3) is 3.04. The van der Waals surface area contributed by atoms with E-state index in [2.05, 4.69) is 32.1 Å². The molecule has 0 bridgehead atoms. The van der Waals surface area contributed by atoms with Gasteiger partial charge in [0.15, 0.2) is 5.65 Å². The molecule has 108 valence electrons. The number of aryl methyl sites for hydroxylation is 1. The van der Waals surface area contributed by atoms with Crippen LogP contribution in [-0.2, 0) is 20.1 Å². The average Bonchev–Trinajstić information content (AvgIpc) is 2.82. The Morgan fingerprint density at radius 3 is 2.67 bits per heavy atom. The molecule has 0 spiro atoms. The second kappa shape index (κ2) is 5.79. The van der Waals surface area contributed by atoms with Crippen LogP contribution in [-0.4, -0.2) is 31.7 Å². The minimum absolute atomic E-state index is 0.455. The standard InChI is InChI=1S/C15H16ClN5/c1-20(9-11-6-4-3-5-7-11)10-13-18-14(16)12-8-17-21(2)15(12)19-13/h3-8H,9-10H2,1-2H3. The lowest BCUT2D eigenvalue weighted by atomic mass is 10.2. The topological polar surface area (TPSA) is 46.8 Å². The van der Waals surface area contributed by atoms with Crippen LogP contribution in [0.5, 0.6) is 0 Å². The Morgan fingerprint density at radius 1 is 1.14 bits per heavy atom. The first kappa shape index (κ1) is 14.0. The summed E-state index contributed by atoms with van der Waals surface area (Å²) < 4.78 is 1.71. The van der Waals surface area contributed by atoms with Gasteiger partial charge in [-0.25, -0.2) is 9.97 Å². The number of rotatable bonds is 4. The summed E-state index contributed by atoms with van der Waals surface area (Å²) in [7, 11) is 3.89. The molecule has 0 aliphatic carbocycles. The van der Waals surface area contributed by atoms with Gasteiger partial charge in [0.1, 0.15) is 11.0 Å². The Balaban J connectivity index is 1.79. The van der Waals surface area contributed by atoms with Crippen molar-refractivity contribution in [2.45, 2.75) is 13.1 Å². The zero-order chi connectivity index (χ0) is 14.8. The van der Waals surface area contributed by atoms with Crippen LogP contribution in [0.3, 0.4) is 0 Å². The molecular formula is C15H16ClN5. The number of nitrogens with zero attached hydrogens (tertiary/aromatic N) is 5. The highest BCUT2D eigenvalue weighted by atomic mass is 35.5. The first-order chi connectivity index (χ1) is 10.1. The van der Waals surface area contributed by atoms with E-state index in [0.29, 0.717) is 17.5 Å². The van der Waals surface area contributed by atoms with Crippen molar-refractivity contribution in [2.75, 3.05) is 7.05 Å². The number of aromatic nitrogens is 4. The van der Waals surface area contributed by atoms with Crippen LogP contribution < -0.4 is 0 Å². The van der Waals surface area contributed by atoms with Gasteiger partial charge in [-0.05, 0) is 12.6 Å². The van der Waals surface area contributed by atoms with E-state index in [4.69, 9.17) is 11.6 Å². The van der Waals surface area contributed by atoms with Gasteiger partial charge in [-0.3, -0.25) is 9.58 Å². The zero-order valence-corrected chi connectivity index (χ0v) is 12.7. The molecule has 1 aromatic carbocycles. The van der Waals surface area contributed by atoms with Gasteiger partial charge in [-0.15, -0.1) is 0 Å². The summed E-state index contributed by atoms with van der Waals surface area (Å²) in [6.07, 6.45) is 1.69. The first-order valence-electron chi connectivity index (χ1n) is 6.70. The maximum absolute atomic E-state index is 6.20. The van der Waals surface area contributed by atoms with Gasteiger partial charge in [0.05, 0.1) is 18.1 Å². The second-order valence-corrected chi connectivity index (χ2v) is 5.45. The Labute approximate surface area is 128 Å². The maximum atomic E-state index is 6.20. The molecule has 0 radical (unpaired) electrons. The Morgan fingerprint density at radius 2 is 1.90 bits per heavy atom. The number of hydrogen-bond donors (Lipinski definition) is 0. The van der Waals surface area contributed by atoms with E-state index in [1.54, 1.807) is 10.9 Å². The van der Waals surface area contributed by atoms with Crippen LogP contribution in [0.2, 0.25) is 5.15 Å². The summed E-state index contributed by atoms with van der Waals surface area (Å²) in [5.41, 5.74) is 2.02. The summed E-state index contributed by atoms with van der Waals surface area (Å²) in [5.74, 6) is 0.703. The number of hydrogen-bond acceptors (Lipinski definition) is 4. The fourth-order valence-electron chi connectivity index (χ4n) is 2.29. The highest BCUT2D eigenvalue weighted by molar-refractivity contribution is 6.33. The normalized spacial score (nSPS) is 11.4. The molecule has 0 N–H and O–H groups in total. The fourth-order valence-corrected chi connectivity index (χ4v) is 2.52. The summed E-state index contributed by atoms with van der Waals surface area (Å²) in [6.45, 7) is 1.47. The van der Waals surface area contributed by atoms with Gasteiger partial charge in [0, 0.05) is 13.6 Å². The molecule has 3 aromatic rings. The van der Waals surface area contributed by atoms with Crippen molar-refractivity contribution < 1.29 is 0 Å². The summed E-state index contributed by atoms with van der Waals surface area (Å²) in [4.78, 5) is 11.1. The lowest BCUT2D eigenvalue weighted by molar-refractivity contribution is 0.311. The van der Waals surface area contributed by atoms with Crippen LogP contribution in [0.1, 0.15) is 11.4 Å². The molecule has 0 saturated carbocycles. The van der Waals surface area contributed by atoms with Crippen LogP contribution in [0.15, 0.2) is 36.5 Å². The molecule has 6 heteroatoms. The highest BCUT2D eigenvalue weighted by Crippen LogP contribution is 2.19. The van der Waals surface area contributed by atoms with Crippen molar-refractivity contribution in [3.8, 4) is 0 Å². The van der Waals surface area contributed by atoms with Gasteiger partial charge < -0.3 is 0 Å². The quantitative estimate of drug-likeness (QED) is 0.695. The number of fused-ring (bicyclic) bond motifs is 1. The molecule has 5 nitrogen and oxygen atoms in total. The Kier molecular flexibility index (Phi) is 3.86. The molecule has 0 fully saturated rings. The molecule has 0 saturated heterocycles. The van der Waals surface area contributed by atoms with Crippen LogP contribution in [0.25, 0.3) is 11.0 Å². The van der Waals surface area contributed by atoms with E-state index in [0.717, 1.165) is 17.6 Å². The number of benzene rings is 1. The minimum Gasteiger partial charge on any atom is -0.295 e. The first-order valence-corrected chi connectivity index (χ1v) is 7.08. The van der Waals surface area contributed by atoms with Crippen LogP contribution in [0.4, 0.5) is 0 Å². The molecule has 0 atom stereocenters. The van der Waals surface area contributed by atoms with Gasteiger partial charge in [0.2, 0.25) is 0 Å². The summed E-state index contributed by atoms with van der Waals surface area (Å²) in [6, 6.07) is 10.3. The molecule has 0 unspecified atom stereocenters. The van der Waals surface area contributed by atoms with E-state index < -0.39 is 0 Å². The molecular weight excluding hydrogens is 286 g/mol. The summed E-state index contributed by atoms with van der Waals surface area (Å²) in [5, 5.41) is 5.40. The lowest BCUT2D eigenvalue weighted by Gasteiger charge is -2.15. The Bertz CT molecular complexity index is 753. The van der Waals surface area contributed by atoms with Crippen molar-refractivity contribution >= 4 is 22.6 Å². The van der Waals surface area contributed by atoms with Crippen LogP contribution in [0, 0.1) is 0 Å². The molecule has 0 aliphatic heterocycles. The molecule has 21 heavy (non-hydrogen) atoms. The molecule has 3 rings (SSSR count). The van der Waals surface area contributed by atoms with E-state index in [9.17, 15) is 0 Å². The largest absolute Gasteiger partial charge is 0.295 e. The van der Waals surface area contributed by atoms with Gasteiger partial charge in [0.25, 0.3) is 0 Å². The van der Waals surface area contributed by atoms with Crippen molar-refractivity contribution in [3.63, 3.8) is 0 Å². The Hall–Kier alpha value is -1.98. The predicted octanol–water partition coefficient (Wildman–Crippen LogP) is 2.65. The van der Waals surface area contributed by atoms with Crippen molar-refractivity contribution in [1.82, 2.24) is 24.6 Å². The average molecular weight is 302 g/mol. The maximum Gasteiger partial charge on any atom is 0.162 e. The van der Waals surface area contributed by atoms with Gasteiger partial charge in [-0.1, -0.05) is 41.9 Å². The predicted molar refractivity (Wildman–Crippen MR) is 82.9 cm³/mol. The highest BCUT2D eigenvalue weighted by Gasteiger charge is 2.11. The smallest absolute Gasteiger partial charge is 0.162 e. The second-order valence-electron chi connectivity index (χ2n) is 5.09. The van der Waals surface area contributed by atoms with Gasteiger partial charge >= 0.3 is 0 Å². The third-order valence-corrected chi connectivity index (χ3v) is 3.59. The molecule has 0 amide bonds. The monoisotopic (exact) mass is 301 g/mol. The van der Waals surface area contributed by atoms with E-state index >= 15 is 0 Å². The van der Waals surface area contributed by atoms with Crippen molar-refractivity contribution in [1.29, 1.82) is 0 Å². The molecule has 2 aromatic heterocycles. The van der Waals surface area contributed by atoms with Crippen molar-refractivity contribution in [3.05, 3.63) is 53.1 Å². The SMILES string of the molecule is CN(Cc1ccccc1)Cc1nc(Cl)c2cnn(C)c2n1. The van der Waals surface area contributed by atoms with E-state index in [-0.39, 0.29) is 0 Å². The minimum atomic E-state index is 0.455. The van der Waals surface area contributed by atoms with Crippen LogP contribution >= 0.6 is 11.6 Å². The van der Waals surface area contributed by atoms with E-state index in [1.165, 1.54) is 5.56 Å². The van der Waals surface area contributed by atoms with Gasteiger partial charge in [-0.2, -0.15) is 5.10 Å². The number of halogens is 1. The molecule has 2 heterocycles. The zero-order valence-electron chi connectivity index (χ0n) is 12.0. The third-order valence-electron chi connectivity index (χ3n) is 3.30. The summed E-state index contributed by atoms with van der Waals surface area (Å²) >= 11 is 6.20. The van der Waals surface area contributed by atoms with E-state index in [1.807, 2.05) is 32.3 Å². The molecule has 0 aliphatic rings.